The fourth-order valence-corrected chi connectivity index (χ4v) is 2.08. The van der Waals surface area contributed by atoms with Crippen LogP contribution in [0.3, 0.4) is 0 Å². The van der Waals surface area contributed by atoms with Gasteiger partial charge in [-0.2, -0.15) is 0 Å². The Bertz CT molecular complexity index is 687. The van der Waals surface area contributed by atoms with Gasteiger partial charge in [-0.25, -0.2) is 0 Å². The van der Waals surface area contributed by atoms with Crippen LogP contribution in [0.2, 0.25) is 0 Å². The summed E-state index contributed by atoms with van der Waals surface area (Å²) < 4.78 is 0. The van der Waals surface area contributed by atoms with Gasteiger partial charge in [0.2, 0.25) is 0 Å². The van der Waals surface area contributed by atoms with Crippen molar-refractivity contribution in [1.82, 2.24) is 15.2 Å². The van der Waals surface area contributed by atoms with Crippen molar-refractivity contribution >= 4 is 16.7 Å². The predicted molar refractivity (Wildman–Crippen MR) is 76.9 cm³/mol. The number of pyridine rings is 1. The van der Waals surface area contributed by atoms with E-state index in [2.05, 4.69) is 26.6 Å². The number of hydrogen-bond donors (Lipinski definition) is 1. The third kappa shape index (κ3) is 2.25. The van der Waals surface area contributed by atoms with Crippen LogP contribution in [0, 0.1) is 0 Å². The summed E-state index contributed by atoms with van der Waals surface area (Å²) >= 11 is 0. The molecule has 4 nitrogen and oxygen atoms in total. The number of nitrogens with zero attached hydrogens (tertiary/aromatic N) is 3. The molecule has 0 amide bonds. The zero-order valence-corrected chi connectivity index (χ0v) is 10.7. The van der Waals surface area contributed by atoms with E-state index in [1.807, 2.05) is 43.3 Å². The SMILES string of the molecule is CCNc1ccc(-c2cccc3ncccc23)nn1. The summed E-state index contributed by atoms with van der Waals surface area (Å²) in [5.74, 6) is 0.796. The lowest BCUT2D eigenvalue weighted by Crippen LogP contribution is -2.00. The highest BCUT2D eigenvalue weighted by Crippen LogP contribution is 2.25. The van der Waals surface area contributed by atoms with Gasteiger partial charge in [-0.1, -0.05) is 18.2 Å². The lowest BCUT2D eigenvalue weighted by Gasteiger charge is -2.06. The maximum absolute atomic E-state index is 4.35. The van der Waals surface area contributed by atoms with Gasteiger partial charge in [0, 0.05) is 23.7 Å². The Balaban J connectivity index is 2.08. The van der Waals surface area contributed by atoms with E-state index in [1.54, 1.807) is 6.20 Å². The number of benzene rings is 1. The van der Waals surface area contributed by atoms with Gasteiger partial charge < -0.3 is 5.32 Å². The van der Waals surface area contributed by atoms with Crippen molar-refractivity contribution in [2.24, 2.45) is 0 Å². The van der Waals surface area contributed by atoms with Gasteiger partial charge in [-0.3, -0.25) is 4.98 Å². The van der Waals surface area contributed by atoms with E-state index < -0.39 is 0 Å². The second-order valence-electron chi connectivity index (χ2n) is 4.21. The van der Waals surface area contributed by atoms with Gasteiger partial charge in [-0.15, -0.1) is 10.2 Å². The standard InChI is InChI=1S/C15H14N4/c1-2-16-15-9-8-14(18-19-15)12-5-3-7-13-11(12)6-4-10-17-13/h3-10H,2H2,1H3,(H,16,19). The average Bonchev–Trinajstić information content (AvgIpc) is 2.48. The molecule has 19 heavy (non-hydrogen) atoms. The second kappa shape index (κ2) is 5.02. The summed E-state index contributed by atoms with van der Waals surface area (Å²) in [6.45, 7) is 2.87. The van der Waals surface area contributed by atoms with Crippen LogP contribution in [0.15, 0.2) is 48.7 Å². The lowest BCUT2D eigenvalue weighted by molar-refractivity contribution is 1.02. The number of fused-ring (bicyclic) bond motifs is 1. The van der Waals surface area contributed by atoms with E-state index in [0.717, 1.165) is 34.5 Å². The maximum atomic E-state index is 4.35. The summed E-state index contributed by atoms with van der Waals surface area (Å²) in [5.41, 5.74) is 2.89. The molecular weight excluding hydrogens is 236 g/mol. The molecule has 3 aromatic rings. The molecular formula is C15H14N4. The Hall–Kier alpha value is -2.49. The Kier molecular flexibility index (Phi) is 3.06. The lowest BCUT2D eigenvalue weighted by atomic mass is 10.1. The van der Waals surface area contributed by atoms with E-state index in [9.17, 15) is 0 Å². The molecule has 0 unspecified atom stereocenters. The molecule has 1 N–H and O–H groups in total. The Labute approximate surface area is 111 Å². The summed E-state index contributed by atoms with van der Waals surface area (Å²) in [6, 6.07) is 13.9. The molecule has 0 aliphatic rings. The number of nitrogens with one attached hydrogen (secondary N) is 1. The fraction of sp³-hybridized carbons (Fsp3) is 0.133. The minimum Gasteiger partial charge on any atom is -0.369 e. The molecule has 3 rings (SSSR count). The number of rotatable bonds is 3. The third-order valence-electron chi connectivity index (χ3n) is 2.94. The summed E-state index contributed by atoms with van der Waals surface area (Å²) in [5, 5.41) is 12.7. The predicted octanol–water partition coefficient (Wildman–Crippen LogP) is 3.12. The van der Waals surface area contributed by atoms with E-state index in [0.29, 0.717) is 0 Å². The topological polar surface area (TPSA) is 50.7 Å². The van der Waals surface area contributed by atoms with Crippen molar-refractivity contribution in [3.8, 4) is 11.3 Å². The van der Waals surface area contributed by atoms with E-state index in [1.165, 1.54) is 0 Å². The normalized spacial score (nSPS) is 10.6. The van der Waals surface area contributed by atoms with Crippen molar-refractivity contribution in [2.45, 2.75) is 6.92 Å². The third-order valence-corrected chi connectivity index (χ3v) is 2.94. The first-order valence-corrected chi connectivity index (χ1v) is 6.30. The molecule has 0 fully saturated rings. The van der Waals surface area contributed by atoms with E-state index in [4.69, 9.17) is 0 Å². The number of anilines is 1. The van der Waals surface area contributed by atoms with Gasteiger partial charge in [0.15, 0.2) is 0 Å². The minimum absolute atomic E-state index is 0.796. The van der Waals surface area contributed by atoms with Crippen LogP contribution in [0.5, 0.6) is 0 Å². The molecule has 0 atom stereocenters. The number of aromatic nitrogens is 3. The molecule has 0 radical (unpaired) electrons. The molecule has 0 bridgehead atoms. The first-order chi connectivity index (χ1) is 9.38. The highest BCUT2D eigenvalue weighted by Gasteiger charge is 2.05. The highest BCUT2D eigenvalue weighted by molar-refractivity contribution is 5.93. The van der Waals surface area contributed by atoms with Crippen LogP contribution in [0.25, 0.3) is 22.2 Å². The molecule has 2 heterocycles. The van der Waals surface area contributed by atoms with Crippen molar-refractivity contribution in [1.29, 1.82) is 0 Å². The largest absolute Gasteiger partial charge is 0.369 e. The number of hydrogen-bond acceptors (Lipinski definition) is 4. The van der Waals surface area contributed by atoms with Crippen LogP contribution in [-0.4, -0.2) is 21.7 Å². The molecule has 2 aromatic heterocycles. The molecule has 0 saturated heterocycles. The van der Waals surface area contributed by atoms with E-state index in [-0.39, 0.29) is 0 Å². The Morgan fingerprint density at radius 1 is 1.00 bits per heavy atom. The Morgan fingerprint density at radius 3 is 2.74 bits per heavy atom. The van der Waals surface area contributed by atoms with Crippen LogP contribution >= 0.6 is 0 Å². The zero-order valence-electron chi connectivity index (χ0n) is 10.7. The molecule has 0 saturated carbocycles. The Morgan fingerprint density at radius 2 is 1.95 bits per heavy atom. The molecule has 4 heteroatoms. The molecule has 0 aliphatic carbocycles. The van der Waals surface area contributed by atoms with Crippen LogP contribution < -0.4 is 5.32 Å². The van der Waals surface area contributed by atoms with Crippen LogP contribution in [0.4, 0.5) is 5.82 Å². The highest BCUT2D eigenvalue weighted by atomic mass is 15.2. The molecule has 0 aliphatic heterocycles. The van der Waals surface area contributed by atoms with Crippen molar-refractivity contribution < 1.29 is 0 Å². The van der Waals surface area contributed by atoms with Crippen molar-refractivity contribution in [2.75, 3.05) is 11.9 Å². The van der Waals surface area contributed by atoms with Gasteiger partial charge in [0.05, 0.1) is 11.2 Å². The average molecular weight is 250 g/mol. The molecule has 94 valence electrons. The van der Waals surface area contributed by atoms with Gasteiger partial charge in [-0.05, 0) is 31.2 Å². The van der Waals surface area contributed by atoms with Crippen LogP contribution in [0.1, 0.15) is 6.92 Å². The van der Waals surface area contributed by atoms with E-state index >= 15 is 0 Å². The van der Waals surface area contributed by atoms with Crippen LogP contribution in [-0.2, 0) is 0 Å². The maximum Gasteiger partial charge on any atom is 0.148 e. The smallest absolute Gasteiger partial charge is 0.148 e. The zero-order chi connectivity index (χ0) is 13.1. The van der Waals surface area contributed by atoms with Crippen molar-refractivity contribution in [3.63, 3.8) is 0 Å². The van der Waals surface area contributed by atoms with Gasteiger partial charge in [0.25, 0.3) is 0 Å². The van der Waals surface area contributed by atoms with Gasteiger partial charge >= 0.3 is 0 Å². The van der Waals surface area contributed by atoms with Crippen molar-refractivity contribution in [3.05, 3.63) is 48.7 Å². The molecule has 0 spiro atoms. The first kappa shape index (κ1) is 11.6. The van der Waals surface area contributed by atoms with Gasteiger partial charge in [0.1, 0.15) is 5.82 Å². The monoisotopic (exact) mass is 250 g/mol. The minimum atomic E-state index is 0.796. The fourth-order valence-electron chi connectivity index (χ4n) is 2.08. The quantitative estimate of drug-likeness (QED) is 0.776. The first-order valence-electron chi connectivity index (χ1n) is 6.30. The summed E-state index contributed by atoms with van der Waals surface area (Å²) in [7, 11) is 0. The summed E-state index contributed by atoms with van der Waals surface area (Å²) in [6.07, 6.45) is 1.80. The molecule has 1 aromatic carbocycles. The summed E-state index contributed by atoms with van der Waals surface area (Å²) in [4.78, 5) is 4.35. The second-order valence-corrected chi connectivity index (χ2v) is 4.21.